The Morgan fingerprint density at radius 1 is 1.24 bits per heavy atom. The highest BCUT2D eigenvalue weighted by Crippen LogP contribution is 2.57. The number of hydrogen-bond donors (Lipinski definition) is 0. The standard InChI is InChI=1S/C17H15NO7/c19-12(8-1-3-10(4-2-8)18(22)23)7-24-16(20)14-9-5-11-13(6-9)25-17(21)15(11)14/h1-4,9,11,13-15H,5-7H2/t9-,11+,13-,14-,15+/m1/s1. The first-order chi connectivity index (χ1) is 12.0. The summed E-state index contributed by atoms with van der Waals surface area (Å²) < 4.78 is 10.4. The first-order valence-corrected chi connectivity index (χ1v) is 8.10. The van der Waals surface area contributed by atoms with Crippen molar-refractivity contribution in [3.05, 3.63) is 39.9 Å². The second-order valence-corrected chi connectivity index (χ2v) is 6.76. The summed E-state index contributed by atoms with van der Waals surface area (Å²) in [6.45, 7) is -0.449. The highest BCUT2D eigenvalue weighted by molar-refractivity contribution is 5.98. The van der Waals surface area contributed by atoms with Crippen molar-refractivity contribution in [1.29, 1.82) is 0 Å². The van der Waals surface area contributed by atoms with Gasteiger partial charge < -0.3 is 9.47 Å². The minimum atomic E-state index is -0.558. The molecule has 1 aromatic carbocycles. The molecular weight excluding hydrogens is 330 g/mol. The number of Topliss-reactive ketones (excluding diaryl/α,β-unsaturated/α-hetero) is 1. The van der Waals surface area contributed by atoms with Crippen LogP contribution in [0.4, 0.5) is 5.69 Å². The second-order valence-electron chi connectivity index (χ2n) is 6.76. The molecule has 0 amide bonds. The lowest BCUT2D eigenvalue weighted by Gasteiger charge is -2.22. The number of carbonyl (C=O) groups is 3. The number of nitrogens with zero attached hydrogens (tertiary/aromatic N) is 1. The molecule has 0 radical (unpaired) electrons. The van der Waals surface area contributed by atoms with Crippen molar-refractivity contribution in [2.75, 3.05) is 6.61 Å². The Morgan fingerprint density at radius 2 is 1.96 bits per heavy atom. The lowest BCUT2D eigenvalue weighted by Crippen LogP contribution is -2.34. The van der Waals surface area contributed by atoms with E-state index in [4.69, 9.17) is 9.47 Å². The first-order valence-electron chi connectivity index (χ1n) is 8.10. The second kappa shape index (κ2) is 5.65. The van der Waals surface area contributed by atoms with E-state index >= 15 is 0 Å². The van der Waals surface area contributed by atoms with E-state index in [9.17, 15) is 24.5 Å². The van der Waals surface area contributed by atoms with Crippen LogP contribution in [0.2, 0.25) is 0 Å². The molecule has 2 bridgehead atoms. The quantitative estimate of drug-likeness (QED) is 0.344. The first kappa shape index (κ1) is 15.7. The summed E-state index contributed by atoms with van der Waals surface area (Å²) >= 11 is 0. The molecule has 4 rings (SSSR count). The lowest BCUT2D eigenvalue weighted by atomic mass is 9.80. The maximum Gasteiger partial charge on any atom is 0.310 e. The van der Waals surface area contributed by atoms with E-state index in [1.165, 1.54) is 24.3 Å². The Labute approximate surface area is 142 Å². The van der Waals surface area contributed by atoms with Crippen molar-refractivity contribution >= 4 is 23.4 Å². The summed E-state index contributed by atoms with van der Waals surface area (Å²) in [7, 11) is 0. The van der Waals surface area contributed by atoms with E-state index in [0.29, 0.717) is 6.42 Å². The third kappa shape index (κ3) is 2.48. The van der Waals surface area contributed by atoms with Crippen molar-refractivity contribution in [2.45, 2.75) is 18.9 Å². The third-order valence-electron chi connectivity index (χ3n) is 5.50. The van der Waals surface area contributed by atoms with Gasteiger partial charge in [-0.05, 0) is 30.9 Å². The third-order valence-corrected chi connectivity index (χ3v) is 5.50. The number of esters is 2. The molecule has 2 saturated carbocycles. The largest absolute Gasteiger partial charge is 0.462 e. The average Bonchev–Trinajstić information content (AvgIpc) is 3.21. The molecule has 2 aliphatic carbocycles. The predicted octanol–water partition coefficient (Wildman–Crippen LogP) is 1.52. The summed E-state index contributed by atoms with van der Waals surface area (Å²) in [5.41, 5.74) is 0.108. The normalized spacial score (nSPS) is 31.7. The van der Waals surface area contributed by atoms with E-state index in [1.54, 1.807) is 0 Å². The molecule has 5 atom stereocenters. The molecule has 0 unspecified atom stereocenters. The zero-order chi connectivity index (χ0) is 17.7. The Bertz CT molecular complexity index is 770. The highest BCUT2D eigenvalue weighted by atomic mass is 16.6. The van der Waals surface area contributed by atoms with Crippen LogP contribution in [0.5, 0.6) is 0 Å². The number of rotatable bonds is 5. The van der Waals surface area contributed by atoms with Gasteiger partial charge in [-0.1, -0.05) is 0 Å². The minimum absolute atomic E-state index is 0.0618. The van der Waals surface area contributed by atoms with Gasteiger partial charge in [-0.2, -0.15) is 0 Å². The molecular formula is C17H15NO7. The van der Waals surface area contributed by atoms with Crippen molar-refractivity contribution in [3.8, 4) is 0 Å². The van der Waals surface area contributed by atoms with Crippen LogP contribution in [0.25, 0.3) is 0 Å². The van der Waals surface area contributed by atoms with Gasteiger partial charge in [-0.3, -0.25) is 24.5 Å². The summed E-state index contributed by atoms with van der Waals surface area (Å²) in [6.07, 6.45) is 1.41. The number of ether oxygens (including phenoxy) is 2. The SMILES string of the molecule is O=C(COC(=O)[C@@H]1[C@@H]2C[C@@H]3[C@@H]1C(=O)O[C@@H]3C2)c1ccc([N+](=O)[O-])cc1. The van der Waals surface area contributed by atoms with Gasteiger partial charge in [0.2, 0.25) is 0 Å². The molecule has 0 N–H and O–H groups in total. The molecule has 25 heavy (non-hydrogen) atoms. The van der Waals surface area contributed by atoms with Crippen LogP contribution in [-0.2, 0) is 19.1 Å². The van der Waals surface area contributed by atoms with Crippen LogP contribution >= 0.6 is 0 Å². The molecule has 1 aliphatic heterocycles. The highest BCUT2D eigenvalue weighted by Gasteiger charge is 2.64. The van der Waals surface area contributed by atoms with E-state index in [2.05, 4.69) is 0 Å². The smallest absolute Gasteiger partial charge is 0.310 e. The molecule has 1 saturated heterocycles. The Balaban J connectivity index is 1.38. The van der Waals surface area contributed by atoms with Gasteiger partial charge in [0.15, 0.2) is 12.4 Å². The number of ketones is 1. The Kier molecular flexibility index (Phi) is 3.55. The Morgan fingerprint density at radius 3 is 2.64 bits per heavy atom. The zero-order valence-corrected chi connectivity index (χ0v) is 13.1. The molecule has 1 heterocycles. The van der Waals surface area contributed by atoms with Crippen LogP contribution in [0, 0.1) is 33.8 Å². The summed E-state index contributed by atoms with van der Waals surface area (Å²) in [5.74, 6) is -2.11. The molecule has 0 spiro atoms. The molecule has 8 nitrogen and oxygen atoms in total. The van der Waals surface area contributed by atoms with Crippen molar-refractivity contribution < 1.29 is 28.8 Å². The topological polar surface area (TPSA) is 113 Å². The number of carbonyl (C=O) groups excluding carboxylic acids is 3. The monoisotopic (exact) mass is 345 g/mol. The predicted molar refractivity (Wildman–Crippen MR) is 81.5 cm³/mol. The molecule has 3 aliphatic rings. The molecule has 1 aromatic rings. The minimum Gasteiger partial charge on any atom is -0.462 e. The van der Waals surface area contributed by atoms with Crippen LogP contribution in [0.15, 0.2) is 24.3 Å². The van der Waals surface area contributed by atoms with Gasteiger partial charge in [-0.25, -0.2) is 0 Å². The molecule has 0 aromatic heterocycles. The number of benzene rings is 1. The van der Waals surface area contributed by atoms with Crippen LogP contribution in [-0.4, -0.2) is 35.4 Å². The number of fused-ring (bicyclic) bond motifs is 1. The van der Waals surface area contributed by atoms with Crippen molar-refractivity contribution in [1.82, 2.24) is 0 Å². The number of non-ortho nitro benzene ring substituents is 1. The molecule has 130 valence electrons. The average molecular weight is 345 g/mol. The number of hydrogen-bond acceptors (Lipinski definition) is 7. The fourth-order valence-electron chi connectivity index (χ4n) is 4.41. The molecule has 8 heteroatoms. The Hall–Kier alpha value is -2.77. The van der Waals surface area contributed by atoms with Crippen molar-refractivity contribution in [3.63, 3.8) is 0 Å². The summed E-state index contributed by atoms with van der Waals surface area (Å²) in [5, 5.41) is 10.6. The fraction of sp³-hybridized carbons (Fsp3) is 0.471. The van der Waals surface area contributed by atoms with E-state index in [1.807, 2.05) is 0 Å². The maximum absolute atomic E-state index is 12.4. The van der Waals surface area contributed by atoms with Crippen molar-refractivity contribution in [2.24, 2.45) is 23.7 Å². The lowest BCUT2D eigenvalue weighted by molar-refractivity contribution is -0.384. The van der Waals surface area contributed by atoms with Gasteiger partial charge in [0.25, 0.3) is 5.69 Å². The fourth-order valence-corrected chi connectivity index (χ4v) is 4.41. The van der Waals surface area contributed by atoms with Crippen LogP contribution < -0.4 is 0 Å². The van der Waals surface area contributed by atoms with Crippen LogP contribution in [0.3, 0.4) is 0 Å². The van der Waals surface area contributed by atoms with Gasteiger partial charge in [-0.15, -0.1) is 0 Å². The number of nitro benzene ring substituents is 1. The van der Waals surface area contributed by atoms with Gasteiger partial charge in [0.05, 0.1) is 16.8 Å². The van der Waals surface area contributed by atoms with Crippen LogP contribution in [0.1, 0.15) is 23.2 Å². The van der Waals surface area contributed by atoms with E-state index in [-0.39, 0.29) is 35.2 Å². The van der Waals surface area contributed by atoms with Gasteiger partial charge in [0, 0.05) is 23.6 Å². The van der Waals surface area contributed by atoms with E-state index in [0.717, 1.165) is 6.42 Å². The van der Waals surface area contributed by atoms with E-state index < -0.39 is 35.1 Å². The van der Waals surface area contributed by atoms with Gasteiger partial charge in [0.1, 0.15) is 6.10 Å². The molecule has 3 fully saturated rings. The van der Waals surface area contributed by atoms with Gasteiger partial charge >= 0.3 is 11.9 Å². The summed E-state index contributed by atoms with van der Waals surface area (Å²) in [6, 6.07) is 5.09. The maximum atomic E-state index is 12.4. The number of nitro groups is 1. The zero-order valence-electron chi connectivity index (χ0n) is 13.1. The summed E-state index contributed by atoms with van der Waals surface area (Å²) in [4.78, 5) is 46.4.